The van der Waals surface area contributed by atoms with E-state index < -0.39 is 5.97 Å². The van der Waals surface area contributed by atoms with Crippen LogP contribution in [0.1, 0.15) is 48.0 Å². The zero-order valence-corrected chi connectivity index (χ0v) is 13.8. The summed E-state index contributed by atoms with van der Waals surface area (Å²) in [6, 6.07) is 7.41. The fourth-order valence-corrected chi connectivity index (χ4v) is 2.62. The molecule has 24 heavy (non-hydrogen) atoms. The van der Waals surface area contributed by atoms with Gasteiger partial charge in [0, 0.05) is 31.7 Å². The molecular weight excluding hydrogens is 310 g/mol. The Morgan fingerprint density at radius 3 is 2.71 bits per heavy atom. The van der Waals surface area contributed by atoms with Crippen molar-refractivity contribution in [1.29, 1.82) is 0 Å². The molecule has 0 spiro atoms. The second-order valence-corrected chi connectivity index (χ2v) is 5.89. The zero-order chi connectivity index (χ0) is 17.2. The van der Waals surface area contributed by atoms with E-state index in [0.717, 1.165) is 31.6 Å². The fraction of sp³-hybridized carbons (Fsp3) is 0.556. The summed E-state index contributed by atoms with van der Waals surface area (Å²) in [6.45, 7) is 2.33. The molecule has 132 valence electrons. The monoisotopic (exact) mass is 335 g/mol. The van der Waals surface area contributed by atoms with Crippen molar-refractivity contribution in [2.75, 3.05) is 19.8 Å². The molecule has 0 atom stereocenters. The summed E-state index contributed by atoms with van der Waals surface area (Å²) in [5, 5.41) is 11.4. The largest absolute Gasteiger partial charge is 0.481 e. The number of carbonyl (C=O) groups is 2. The van der Waals surface area contributed by atoms with Crippen molar-refractivity contribution >= 4 is 11.9 Å². The molecule has 1 aromatic rings. The Bertz CT molecular complexity index is 540. The van der Waals surface area contributed by atoms with Gasteiger partial charge in [0.25, 0.3) is 5.91 Å². The van der Waals surface area contributed by atoms with Crippen molar-refractivity contribution in [3.05, 3.63) is 35.4 Å². The Kier molecular flexibility index (Phi) is 7.71. The smallest absolute Gasteiger partial charge is 0.303 e. The van der Waals surface area contributed by atoms with Gasteiger partial charge in [-0.3, -0.25) is 9.59 Å². The lowest BCUT2D eigenvalue weighted by atomic mass is 10.1. The number of hydrogen-bond acceptors (Lipinski definition) is 4. The second kappa shape index (κ2) is 10.1. The van der Waals surface area contributed by atoms with Crippen LogP contribution in [0.4, 0.5) is 0 Å². The molecule has 1 fully saturated rings. The molecular formula is C18H25NO5. The molecule has 0 bridgehead atoms. The first kappa shape index (κ1) is 18.4. The number of amides is 1. The van der Waals surface area contributed by atoms with Gasteiger partial charge in [0.15, 0.2) is 0 Å². The van der Waals surface area contributed by atoms with E-state index in [0.29, 0.717) is 31.6 Å². The van der Waals surface area contributed by atoms with Crippen LogP contribution in [0.15, 0.2) is 24.3 Å². The van der Waals surface area contributed by atoms with Crippen molar-refractivity contribution in [1.82, 2.24) is 5.32 Å². The van der Waals surface area contributed by atoms with Gasteiger partial charge >= 0.3 is 5.97 Å². The quantitative estimate of drug-likeness (QED) is 0.677. The van der Waals surface area contributed by atoms with Crippen molar-refractivity contribution in [3.63, 3.8) is 0 Å². The van der Waals surface area contributed by atoms with Gasteiger partial charge < -0.3 is 19.9 Å². The Labute approximate surface area is 142 Å². The zero-order valence-electron chi connectivity index (χ0n) is 13.8. The van der Waals surface area contributed by atoms with Crippen LogP contribution < -0.4 is 5.32 Å². The Hall–Kier alpha value is -1.92. The first-order valence-corrected chi connectivity index (χ1v) is 8.44. The Morgan fingerprint density at radius 2 is 1.96 bits per heavy atom. The summed E-state index contributed by atoms with van der Waals surface area (Å²) in [5.41, 5.74) is 1.48. The highest BCUT2D eigenvalue weighted by Gasteiger charge is 2.16. The maximum atomic E-state index is 12.3. The lowest BCUT2D eigenvalue weighted by Crippen LogP contribution is -2.27. The molecule has 0 aromatic heterocycles. The molecule has 0 radical (unpaired) electrons. The van der Waals surface area contributed by atoms with E-state index in [1.54, 1.807) is 6.07 Å². The van der Waals surface area contributed by atoms with Gasteiger partial charge in [0.05, 0.1) is 12.7 Å². The highest BCUT2D eigenvalue weighted by Crippen LogP contribution is 2.16. The van der Waals surface area contributed by atoms with Crippen LogP contribution >= 0.6 is 0 Å². The highest BCUT2D eigenvalue weighted by atomic mass is 16.5. The summed E-state index contributed by atoms with van der Waals surface area (Å²) < 4.78 is 11.2. The van der Waals surface area contributed by atoms with Crippen molar-refractivity contribution in [3.8, 4) is 0 Å². The van der Waals surface area contributed by atoms with Gasteiger partial charge in [-0.1, -0.05) is 18.2 Å². The third-order valence-corrected chi connectivity index (χ3v) is 4.01. The molecule has 6 nitrogen and oxygen atoms in total. The molecule has 6 heteroatoms. The van der Waals surface area contributed by atoms with Crippen LogP contribution in [0.2, 0.25) is 0 Å². The molecule has 1 amide bonds. The number of carboxylic acid groups (broad SMARTS) is 1. The topological polar surface area (TPSA) is 84.9 Å². The molecule has 2 N–H and O–H groups in total. The van der Waals surface area contributed by atoms with Crippen LogP contribution in [0.5, 0.6) is 0 Å². The van der Waals surface area contributed by atoms with Crippen LogP contribution in [0.3, 0.4) is 0 Å². The third-order valence-electron chi connectivity index (χ3n) is 4.01. The van der Waals surface area contributed by atoms with Crippen LogP contribution in [0.25, 0.3) is 0 Å². The van der Waals surface area contributed by atoms with E-state index in [-0.39, 0.29) is 18.4 Å². The fourth-order valence-electron chi connectivity index (χ4n) is 2.62. The van der Waals surface area contributed by atoms with Gasteiger partial charge in [-0.15, -0.1) is 0 Å². The molecule has 1 heterocycles. The maximum absolute atomic E-state index is 12.3. The SMILES string of the molecule is O=C(O)CCCCNC(=O)c1ccccc1COC1CCOCC1. The standard InChI is InChI=1S/C18H25NO5/c20-17(21)7-3-4-10-19-18(22)16-6-2-1-5-14(16)13-24-15-8-11-23-12-9-15/h1-2,5-6,15H,3-4,7-13H2,(H,19,22)(H,20,21). The average molecular weight is 335 g/mol. The number of carboxylic acids is 1. The number of hydrogen-bond donors (Lipinski definition) is 2. The molecule has 0 aliphatic carbocycles. The van der Waals surface area contributed by atoms with Crippen LogP contribution in [-0.4, -0.2) is 42.8 Å². The lowest BCUT2D eigenvalue weighted by molar-refractivity contribution is -0.137. The summed E-state index contributed by atoms with van der Waals surface area (Å²) in [7, 11) is 0. The first-order chi connectivity index (χ1) is 11.7. The summed E-state index contributed by atoms with van der Waals surface area (Å²) in [5.74, 6) is -0.951. The number of unbranched alkanes of at least 4 members (excludes halogenated alkanes) is 1. The number of benzene rings is 1. The van der Waals surface area contributed by atoms with E-state index in [2.05, 4.69) is 5.32 Å². The van der Waals surface area contributed by atoms with E-state index in [1.165, 1.54) is 0 Å². The number of rotatable bonds is 9. The molecule has 2 rings (SSSR count). The third kappa shape index (κ3) is 6.29. The van der Waals surface area contributed by atoms with Gasteiger partial charge in [0.1, 0.15) is 0 Å². The minimum absolute atomic E-state index is 0.130. The first-order valence-electron chi connectivity index (χ1n) is 8.44. The summed E-state index contributed by atoms with van der Waals surface area (Å²) in [4.78, 5) is 22.8. The minimum atomic E-state index is -0.808. The Balaban J connectivity index is 1.80. The molecule has 0 saturated carbocycles. The van der Waals surface area contributed by atoms with Crippen molar-refractivity contribution in [2.24, 2.45) is 0 Å². The number of aliphatic carboxylic acids is 1. The second-order valence-electron chi connectivity index (χ2n) is 5.89. The molecule has 1 aliphatic heterocycles. The number of nitrogens with one attached hydrogen (secondary N) is 1. The summed E-state index contributed by atoms with van der Waals surface area (Å²) >= 11 is 0. The van der Waals surface area contributed by atoms with Gasteiger partial charge in [-0.05, 0) is 37.3 Å². The predicted octanol–water partition coefficient (Wildman–Crippen LogP) is 2.37. The van der Waals surface area contributed by atoms with E-state index in [1.807, 2.05) is 18.2 Å². The van der Waals surface area contributed by atoms with Crippen molar-refractivity contribution in [2.45, 2.75) is 44.8 Å². The van der Waals surface area contributed by atoms with E-state index in [4.69, 9.17) is 14.6 Å². The normalized spacial score (nSPS) is 15.2. The van der Waals surface area contributed by atoms with E-state index in [9.17, 15) is 9.59 Å². The molecule has 1 aliphatic rings. The molecule has 0 unspecified atom stereocenters. The number of carbonyl (C=O) groups excluding carboxylic acids is 1. The minimum Gasteiger partial charge on any atom is -0.481 e. The number of ether oxygens (including phenoxy) is 2. The van der Waals surface area contributed by atoms with Gasteiger partial charge in [-0.25, -0.2) is 0 Å². The lowest BCUT2D eigenvalue weighted by Gasteiger charge is -2.22. The molecule has 1 saturated heterocycles. The average Bonchev–Trinajstić information content (AvgIpc) is 2.60. The van der Waals surface area contributed by atoms with Crippen LogP contribution in [-0.2, 0) is 20.9 Å². The Morgan fingerprint density at radius 1 is 1.21 bits per heavy atom. The predicted molar refractivity (Wildman–Crippen MR) is 88.9 cm³/mol. The highest BCUT2D eigenvalue weighted by molar-refractivity contribution is 5.95. The van der Waals surface area contributed by atoms with Gasteiger partial charge in [0.2, 0.25) is 0 Å². The van der Waals surface area contributed by atoms with E-state index >= 15 is 0 Å². The van der Waals surface area contributed by atoms with Crippen LogP contribution in [0, 0.1) is 0 Å². The maximum Gasteiger partial charge on any atom is 0.303 e. The summed E-state index contributed by atoms with van der Waals surface area (Å²) in [6.07, 6.45) is 3.30. The molecule has 1 aromatic carbocycles. The van der Waals surface area contributed by atoms with Gasteiger partial charge in [-0.2, -0.15) is 0 Å². The van der Waals surface area contributed by atoms with Crippen molar-refractivity contribution < 1.29 is 24.2 Å².